The van der Waals surface area contributed by atoms with Crippen LogP contribution in [-0.4, -0.2) is 38.6 Å². The van der Waals surface area contributed by atoms with Crippen LogP contribution in [0.25, 0.3) is 5.57 Å². The topological polar surface area (TPSA) is 98.7 Å². The molecule has 0 radical (unpaired) electrons. The summed E-state index contributed by atoms with van der Waals surface area (Å²) >= 11 is 0. The van der Waals surface area contributed by atoms with Gasteiger partial charge in [-0.25, -0.2) is 13.4 Å². The molecule has 1 aliphatic carbocycles. The molecule has 0 unspecified atom stereocenters. The molecule has 1 aromatic carbocycles. The second-order valence-electron chi connectivity index (χ2n) is 6.65. The van der Waals surface area contributed by atoms with E-state index in [2.05, 4.69) is 11.4 Å². The summed E-state index contributed by atoms with van der Waals surface area (Å²) < 4.78 is 41.4. The van der Waals surface area contributed by atoms with Crippen LogP contribution in [0.15, 0.2) is 30.4 Å². The Balaban J connectivity index is 1.68. The quantitative estimate of drug-likeness (QED) is 0.679. The van der Waals surface area contributed by atoms with Gasteiger partial charge in [0.05, 0.1) is 0 Å². The molecule has 1 amide bonds. The summed E-state index contributed by atoms with van der Waals surface area (Å²) in [5, 5.41) is 13.2. The number of hydrogen-bond donors (Lipinski definition) is 3. The van der Waals surface area contributed by atoms with Crippen molar-refractivity contribution < 1.29 is 22.7 Å². The van der Waals surface area contributed by atoms with Crippen LogP contribution >= 0.6 is 0 Å². The first-order valence-corrected chi connectivity index (χ1v) is 9.77. The lowest BCUT2D eigenvalue weighted by Gasteiger charge is -2.18. The Morgan fingerprint density at radius 1 is 1.27 bits per heavy atom. The zero-order valence-corrected chi connectivity index (χ0v) is 14.6. The second kappa shape index (κ2) is 6.10. The standard InChI is InChI=1S/C17H18FN3O4S/c18-16-13(11-7-12(19-8-11)4-3-10-1-2-10)5-6-14(22)17(16)21-9-15(23)20-26(21,24)25/h3-7,10,12,19,22H,1-2,8-9H2,(H,20,23)/b4-3-/t12-/m1/s1. The van der Waals surface area contributed by atoms with E-state index in [0.717, 1.165) is 0 Å². The number of benzene rings is 1. The Labute approximate surface area is 150 Å². The summed E-state index contributed by atoms with van der Waals surface area (Å²) in [7, 11) is -4.21. The molecule has 3 N–H and O–H groups in total. The van der Waals surface area contributed by atoms with Crippen LogP contribution in [0.4, 0.5) is 10.1 Å². The molecule has 138 valence electrons. The van der Waals surface area contributed by atoms with E-state index in [1.165, 1.54) is 25.0 Å². The van der Waals surface area contributed by atoms with Crippen LogP contribution in [0.5, 0.6) is 5.75 Å². The van der Waals surface area contributed by atoms with Crippen LogP contribution in [0, 0.1) is 11.7 Å². The molecular weight excluding hydrogens is 361 g/mol. The lowest BCUT2D eigenvalue weighted by molar-refractivity contribution is -0.117. The van der Waals surface area contributed by atoms with E-state index in [-0.39, 0.29) is 11.6 Å². The number of allylic oxidation sites excluding steroid dienone is 1. The van der Waals surface area contributed by atoms with Crippen LogP contribution < -0.4 is 14.3 Å². The summed E-state index contributed by atoms with van der Waals surface area (Å²) in [6.07, 6.45) is 8.46. The van der Waals surface area contributed by atoms with Gasteiger partial charge < -0.3 is 10.4 Å². The Bertz CT molecular complexity index is 938. The molecule has 1 atom stereocenters. The van der Waals surface area contributed by atoms with Gasteiger partial charge in [-0.15, -0.1) is 0 Å². The van der Waals surface area contributed by atoms with Crippen molar-refractivity contribution >= 4 is 27.4 Å². The molecule has 1 aromatic rings. The van der Waals surface area contributed by atoms with Crippen molar-refractivity contribution in [3.8, 4) is 5.75 Å². The molecule has 0 spiro atoms. The van der Waals surface area contributed by atoms with Crippen molar-refractivity contribution in [1.82, 2.24) is 10.0 Å². The minimum absolute atomic E-state index is 0.0129. The molecule has 2 heterocycles. The fraction of sp³-hybridized carbons (Fsp3) is 0.353. The molecule has 0 aromatic heterocycles. The van der Waals surface area contributed by atoms with Gasteiger partial charge in [-0.2, -0.15) is 8.42 Å². The van der Waals surface area contributed by atoms with Gasteiger partial charge in [0, 0.05) is 18.2 Å². The third-order valence-corrected chi connectivity index (χ3v) is 6.01. The fourth-order valence-corrected chi connectivity index (χ4v) is 4.29. The number of carbonyl (C=O) groups is 1. The first-order valence-electron chi connectivity index (χ1n) is 8.33. The molecule has 0 bridgehead atoms. The number of anilines is 1. The molecule has 3 aliphatic rings. The average Bonchev–Trinajstić information content (AvgIpc) is 3.21. The Hall–Kier alpha value is -2.39. The van der Waals surface area contributed by atoms with E-state index in [0.29, 0.717) is 22.3 Å². The maximum atomic E-state index is 15.1. The number of rotatable bonds is 4. The minimum atomic E-state index is -4.21. The molecule has 9 heteroatoms. The maximum absolute atomic E-state index is 15.1. The van der Waals surface area contributed by atoms with Gasteiger partial charge in [-0.05, 0) is 36.5 Å². The molecule has 4 rings (SSSR count). The number of phenolic OH excluding ortho intramolecular Hbond substituents is 1. The summed E-state index contributed by atoms with van der Waals surface area (Å²) in [6.45, 7) is -0.148. The summed E-state index contributed by atoms with van der Waals surface area (Å²) in [6, 6.07) is 2.63. The van der Waals surface area contributed by atoms with Gasteiger partial charge in [0.25, 0.3) is 5.91 Å². The molecular formula is C17H18FN3O4S. The number of phenols is 1. The van der Waals surface area contributed by atoms with Crippen molar-refractivity contribution in [2.75, 3.05) is 17.4 Å². The van der Waals surface area contributed by atoms with Crippen molar-refractivity contribution in [3.63, 3.8) is 0 Å². The van der Waals surface area contributed by atoms with E-state index in [1.807, 2.05) is 12.2 Å². The Kier molecular flexibility index (Phi) is 4.00. The van der Waals surface area contributed by atoms with E-state index >= 15 is 4.39 Å². The van der Waals surface area contributed by atoms with Crippen molar-refractivity contribution in [3.05, 3.63) is 41.7 Å². The molecule has 1 saturated heterocycles. The first kappa shape index (κ1) is 17.0. The highest BCUT2D eigenvalue weighted by atomic mass is 32.2. The summed E-state index contributed by atoms with van der Waals surface area (Å²) in [4.78, 5) is 11.4. The first-order chi connectivity index (χ1) is 12.3. The number of halogens is 1. The maximum Gasteiger partial charge on any atom is 0.326 e. The number of hydrogen-bond acceptors (Lipinski definition) is 5. The second-order valence-corrected chi connectivity index (χ2v) is 8.25. The van der Waals surface area contributed by atoms with Crippen LogP contribution in [-0.2, 0) is 15.0 Å². The van der Waals surface area contributed by atoms with Crippen molar-refractivity contribution in [1.29, 1.82) is 0 Å². The minimum Gasteiger partial charge on any atom is -0.506 e. The largest absolute Gasteiger partial charge is 0.506 e. The van der Waals surface area contributed by atoms with Gasteiger partial charge >= 0.3 is 10.2 Å². The van der Waals surface area contributed by atoms with Gasteiger partial charge in [-0.1, -0.05) is 18.2 Å². The zero-order valence-electron chi connectivity index (χ0n) is 13.8. The monoisotopic (exact) mass is 379 g/mol. The number of aromatic hydroxyl groups is 1. The summed E-state index contributed by atoms with van der Waals surface area (Å²) in [5.41, 5.74) is 0.353. The van der Waals surface area contributed by atoms with Crippen LogP contribution in [0.1, 0.15) is 18.4 Å². The van der Waals surface area contributed by atoms with E-state index in [9.17, 15) is 18.3 Å². The van der Waals surface area contributed by atoms with Crippen LogP contribution in [0.2, 0.25) is 0 Å². The van der Waals surface area contributed by atoms with E-state index < -0.39 is 39.9 Å². The fourth-order valence-electron chi connectivity index (χ4n) is 3.12. The molecule has 2 fully saturated rings. The van der Waals surface area contributed by atoms with Crippen molar-refractivity contribution in [2.45, 2.75) is 18.9 Å². The number of nitrogens with zero attached hydrogens (tertiary/aromatic N) is 1. The Morgan fingerprint density at radius 3 is 2.69 bits per heavy atom. The molecule has 2 aliphatic heterocycles. The summed E-state index contributed by atoms with van der Waals surface area (Å²) in [5.74, 6) is -1.55. The van der Waals surface area contributed by atoms with E-state index in [1.54, 1.807) is 4.72 Å². The third kappa shape index (κ3) is 3.08. The van der Waals surface area contributed by atoms with Crippen molar-refractivity contribution in [2.24, 2.45) is 5.92 Å². The Morgan fingerprint density at radius 2 is 2.04 bits per heavy atom. The number of amides is 1. The van der Waals surface area contributed by atoms with Gasteiger partial charge in [0.2, 0.25) is 0 Å². The highest BCUT2D eigenvalue weighted by Gasteiger charge is 2.38. The highest BCUT2D eigenvalue weighted by molar-refractivity contribution is 7.92. The number of carbonyl (C=O) groups excluding carboxylic acids is 1. The predicted molar refractivity (Wildman–Crippen MR) is 94.1 cm³/mol. The number of nitrogens with one attached hydrogen (secondary N) is 2. The SMILES string of the molecule is O=C1CN(c2c(O)ccc(C3=C[C@@H](/C=C\C4CC4)NC3)c2F)S(=O)(=O)N1. The van der Waals surface area contributed by atoms with Crippen LogP contribution in [0.3, 0.4) is 0 Å². The smallest absolute Gasteiger partial charge is 0.326 e. The van der Waals surface area contributed by atoms with Gasteiger partial charge in [-0.3, -0.25) is 4.79 Å². The lowest BCUT2D eigenvalue weighted by atomic mass is 10.0. The van der Waals surface area contributed by atoms with Gasteiger partial charge in [0.1, 0.15) is 18.0 Å². The third-order valence-electron chi connectivity index (χ3n) is 4.63. The van der Waals surface area contributed by atoms with E-state index in [4.69, 9.17) is 0 Å². The highest BCUT2D eigenvalue weighted by Crippen LogP contribution is 2.38. The lowest BCUT2D eigenvalue weighted by Crippen LogP contribution is -2.30. The molecule has 26 heavy (non-hydrogen) atoms. The average molecular weight is 379 g/mol. The molecule has 7 nitrogen and oxygen atoms in total. The van der Waals surface area contributed by atoms with Gasteiger partial charge in [0.15, 0.2) is 5.82 Å². The molecule has 1 saturated carbocycles. The predicted octanol–water partition coefficient (Wildman–Crippen LogP) is 1.03. The zero-order chi connectivity index (χ0) is 18.5. The normalized spacial score (nSPS) is 25.0.